The zero-order valence-corrected chi connectivity index (χ0v) is 24.1. The van der Waals surface area contributed by atoms with Crippen LogP contribution in [0.5, 0.6) is 5.75 Å². The molecule has 0 saturated heterocycles. The number of benzene rings is 2. The molecule has 0 radical (unpaired) electrons. The zero-order chi connectivity index (χ0) is 30.7. The third-order valence-corrected chi connectivity index (χ3v) is 8.83. The van der Waals surface area contributed by atoms with Gasteiger partial charge in [-0.2, -0.15) is 0 Å². The number of halogens is 2. The van der Waals surface area contributed by atoms with Gasteiger partial charge in [-0.1, -0.05) is 0 Å². The molecule has 0 fully saturated rings. The molecule has 0 atom stereocenters. The number of nitrogens with one attached hydrogen (secondary N) is 2. The topological polar surface area (TPSA) is 128 Å². The van der Waals surface area contributed by atoms with Gasteiger partial charge in [-0.15, -0.1) is 0 Å². The van der Waals surface area contributed by atoms with Crippen LogP contribution in [0.3, 0.4) is 0 Å². The van der Waals surface area contributed by atoms with Gasteiger partial charge in [0.05, 0.1) is 46.3 Å². The summed E-state index contributed by atoms with van der Waals surface area (Å²) in [5.74, 6) is -0.941. The van der Waals surface area contributed by atoms with E-state index in [0.717, 1.165) is 6.20 Å². The summed E-state index contributed by atoms with van der Waals surface area (Å²) in [6.45, 7) is 1.63. The summed E-state index contributed by atoms with van der Waals surface area (Å²) in [4.78, 5) is 22.0. The lowest BCUT2D eigenvalue weighted by molar-refractivity contribution is 0.0964. The van der Waals surface area contributed by atoms with E-state index in [4.69, 9.17) is 14.1 Å². The molecule has 7 rings (SSSR count). The highest BCUT2D eigenvalue weighted by Gasteiger charge is 2.27. The maximum atomic E-state index is 14.6. The molecule has 0 aliphatic carbocycles. The number of fused-ring (bicyclic) bond motifs is 6. The van der Waals surface area contributed by atoms with Crippen molar-refractivity contribution >= 4 is 43.5 Å². The van der Waals surface area contributed by atoms with Crippen LogP contribution < -0.4 is 14.8 Å². The van der Waals surface area contributed by atoms with Crippen molar-refractivity contribution in [2.45, 2.75) is 13.7 Å². The van der Waals surface area contributed by atoms with Crippen LogP contribution in [0.1, 0.15) is 17.3 Å². The number of aromatic nitrogens is 3. The third kappa shape index (κ3) is 4.43. The normalized spacial score (nSPS) is 12.5. The van der Waals surface area contributed by atoms with Crippen LogP contribution in [-0.4, -0.2) is 41.7 Å². The minimum absolute atomic E-state index is 0.127. The quantitative estimate of drug-likeness (QED) is 0.238. The van der Waals surface area contributed by atoms with Gasteiger partial charge in [0.25, 0.3) is 5.91 Å². The van der Waals surface area contributed by atoms with Crippen LogP contribution in [0.2, 0.25) is 0 Å². The molecule has 2 N–H and O–H groups in total. The second-order valence-corrected chi connectivity index (χ2v) is 12.1. The molecule has 44 heavy (non-hydrogen) atoms. The second kappa shape index (κ2) is 10.2. The van der Waals surface area contributed by atoms with Crippen molar-refractivity contribution in [1.29, 1.82) is 0 Å². The summed E-state index contributed by atoms with van der Waals surface area (Å²) >= 11 is 0. The number of pyridine rings is 2. The fourth-order valence-electron chi connectivity index (χ4n) is 5.34. The Morgan fingerprint density at radius 3 is 2.59 bits per heavy atom. The van der Waals surface area contributed by atoms with E-state index in [1.54, 1.807) is 35.0 Å². The Morgan fingerprint density at radius 1 is 1.05 bits per heavy atom. The van der Waals surface area contributed by atoms with Crippen LogP contribution in [0.25, 0.3) is 55.8 Å². The van der Waals surface area contributed by atoms with Crippen LogP contribution in [0, 0.1) is 11.6 Å². The number of ether oxygens (including phenoxy) is 1. The average molecular weight is 616 g/mol. The van der Waals surface area contributed by atoms with Crippen LogP contribution >= 0.6 is 0 Å². The molecule has 1 aliphatic rings. The van der Waals surface area contributed by atoms with E-state index in [2.05, 4.69) is 15.0 Å². The standard InChI is InChI=1S/C31H23F2N5O5S/c1-3-44(40,41)37-23-12-27-20(28(31(39)34-2)30(43-27)16-4-6-17(32)7-5-16)10-19(23)22-8-9-26-29(36-22)24-11-18-21(33)13-35-14-25(18)38(24)15-42-26/h4-14,37H,3,15H2,1-2H3,(H,34,39). The lowest BCUT2D eigenvalue weighted by Gasteiger charge is -2.21. The number of anilines is 1. The molecule has 13 heteroatoms. The molecule has 0 saturated carbocycles. The van der Waals surface area contributed by atoms with Crippen molar-refractivity contribution in [2.24, 2.45) is 0 Å². The van der Waals surface area contributed by atoms with Crippen molar-refractivity contribution in [1.82, 2.24) is 19.9 Å². The van der Waals surface area contributed by atoms with Gasteiger partial charge in [-0.25, -0.2) is 22.2 Å². The molecule has 0 bridgehead atoms. The van der Waals surface area contributed by atoms with Gasteiger partial charge in [0.2, 0.25) is 10.0 Å². The Kier molecular flexibility index (Phi) is 6.36. The Labute approximate surface area is 249 Å². The summed E-state index contributed by atoms with van der Waals surface area (Å²) in [5.41, 5.74) is 3.30. The van der Waals surface area contributed by atoms with Gasteiger partial charge < -0.3 is 19.0 Å². The highest BCUT2D eigenvalue weighted by atomic mass is 32.2. The van der Waals surface area contributed by atoms with E-state index >= 15 is 0 Å². The molecule has 5 heterocycles. The van der Waals surface area contributed by atoms with E-state index in [9.17, 15) is 22.0 Å². The first-order valence-electron chi connectivity index (χ1n) is 13.5. The summed E-state index contributed by atoms with van der Waals surface area (Å²) in [7, 11) is -2.28. The summed E-state index contributed by atoms with van der Waals surface area (Å²) < 4.78 is 70.2. The summed E-state index contributed by atoms with van der Waals surface area (Å²) in [6, 6.07) is 13.6. The molecule has 6 aromatic rings. The number of hydrogen-bond donors (Lipinski definition) is 2. The zero-order valence-electron chi connectivity index (χ0n) is 23.3. The monoisotopic (exact) mass is 615 g/mol. The summed E-state index contributed by atoms with van der Waals surface area (Å²) in [5, 5.41) is 3.36. The van der Waals surface area contributed by atoms with E-state index in [0.29, 0.717) is 50.2 Å². The van der Waals surface area contributed by atoms with Crippen LogP contribution in [-0.2, 0) is 16.8 Å². The van der Waals surface area contributed by atoms with Crippen molar-refractivity contribution < 1.29 is 31.1 Å². The first kappa shape index (κ1) is 27.5. The maximum Gasteiger partial charge on any atom is 0.255 e. The molecule has 10 nitrogen and oxygen atoms in total. The molecular formula is C31H23F2N5O5S. The lowest BCUT2D eigenvalue weighted by atomic mass is 10.0. The number of carbonyl (C=O) groups excluding carboxylic acids is 1. The van der Waals surface area contributed by atoms with E-state index in [1.165, 1.54) is 44.3 Å². The molecule has 1 amide bonds. The number of amides is 1. The maximum absolute atomic E-state index is 14.6. The highest BCUT2D eigenvalue weighted by molar-refractivity contribution is 7.92. The van der Waals surface area contributed by atoms with Crippen molar-refractivity contribution in [2.75, 3.05) is 17.5 Å². The van der Waals surface area contributed by atoms with E-state index < -0.39 is 27.6 Å². The number of rotatable bonds is 6. The van der Waals surface area contributed by atoms with Crippen LogP contribution in [0.15, 0.2) is 71.4 Å². The molecule has 222 valence electrons. The van der Waals surface area contributed by atoms with Crippen molar-refractivity contribution in [3.63, 3.8) is 0 Å². The van der Waals surface area contributed by atoms with Gasteiger partial charge in [0.1, 0.15) is 28.6 Å². The molecular weight excluding hydrogens is 592 g/mol. The largest absolute Gasteiger partial charge is 0.470 e. The predicted octanol–water partition coefficient (Wildman–Crippen LogP) is 5.93. The SMILES string of the molecule is CCS(=O)(=O)Nc1cc2oc(-c3ccc(F)cc3)c(C(=O)NC)c2cc1-c1ccc2c(n1)-c1cc3c(F)cncc3n1CO2. The average Bonchev–Trinajstić information content (AvgIpc) is 3.60. The number of carbonyl (C=O) groups is 1. The van der Waals surface area contributed by atoms with Gasteiger partial charge in [-0.3, -0.25) is 14.5 Å². The third-order valence-electron chi connectivity index (χ3n) is 7.54. The molecule has 0 unspecified atom stereocenters. The van der Waals surface area contributed by atoms with Crippen molar-refractivity contribution in [3.05, 3.63) is 84.2 Å². The van der Waals surface area contributed by atoms with Gasteiger partial charge in [0.15, 0.2) is 12.5 Å². The Morgan fingerprint density at radius 2 is 1.84 bits per heavy atom. The van der Waals surface area contributed by atoms with Gasteiger partial charge in [0, 0.05) is 35.0 Å². The minimum Gasteiger partial charge on any atom is -0.470 e. The van der Waals surface area contributed by atoms with Crippen molar-refractivity contribution in [3.8, 4) is 39.7 Å². The Hall–Kier alpha value is -5.30. The minimum atomic E-state index is -3.76. The fourth-order valence-corrected chi connectivity index (χ4v) is 5.99. The molecule has 2 aromatic carbocycles. The first-order chi connectivity index (χ1) is 21.2. The molecule has 0 spiro atoms. The fraction of sp³-hybridized carbons (Fsp3) is 0.129. The number of sulfonamides is 1. The van der Waals surface area contributed by atoms with Gasteiger partial charge >= 0.3 is 0 Å². The second-order valence-electron chi connectivity index (χ2n) is 10.1. The van der Waals surface area contributed by atoms with E-state index in [1.807, 2.05) is 0 Å². The number of hydrogen-bond acceptors (Lipinski definition) is 7. The Bertz CT molecular complexity index is 2240. The van der Waals surface area contributed by atoms with E-state index in [-0.39, 0.29) is 35.1 Å². The Balaban J connectivity index is 1.47. The van der Waals surface area contributed by atoms with Gasteiger partial charge in [-0.05, 0) is 55.5 Å². The van der Waals surface area contributed by atoms with Crippen LogP contribution in [0.4, 0.5) is 14.5 Å². The predicted molar refractivity (Wildman–Crippen MR) is 161 cm³/mol. The lowest BCUT2D eigenvalue weighted by Crippen LogP contribution is -2.18. The highest BCUT2D eigenvalue weighted by Crippen LogP contribution is 2.43. The molecule has 1 aliphatic heterocycles. The molecule has 4 aromatic heterocycles. The first-order valence-corrected chi connectivity index (χ1v) is 15.2. The number of furan rings is 1. The smallest absolute Gasteiger partial charge is 0.255 e. The summed E-state index contributed by atoms with van der Waals surface area (Å²) in [6.07, 6.45) is 2.68. The number of nitrogens with zero attached hydrogens (tertiary/aromatic N) is 3.